The lowest BCUT2D eigenvalue weighted by Crippen LogP contribution is -1.91. The van der Waals surface area contributed by atoms with Crippen molar-refractivity contribution < 1.29 is 4.39 Å². The minimum Gasteiger partial charge on any atom is -0.398 e. The molecule has 0 saturated carbocycles. The Kier molecular flexibility index (Phi) is 2.14. The minimum atomic E-state index is -0.356. The predicted octanol–water partition coefficient (Wildman–Crippen LogP) is 2.47. The summed E-state index contributed by atoms with van der Waals surface area (Å²) in [6, 6.07) is 8.79. The van der Waals surface area contributed by atoms with Crippen LogP contribution in [0, 0.1) is 5.82 Å². The third kappa shape index (κ3) is 1.44. The quantitative estimate of drug-likeness (QED) is 0.698. The largest absolute Gasteiger partial charge is 0.398 e. The van der Waals surface area contributed by atoms with Crippen LogP contribution < -0.4 is 5.73 Å². The Hall–Kier alpha value is -1.90. The van der Waals surface area contributed by atoms with Crippen molar-refractivity contribution >= 4 is 5.69 Å². The smallest absolute Gasteiger partial charge is 0.149 e. The second-order valence-electron chi connectivity index (χ2n) is 2.94. The minimum absolute atomic E-state index is 0.356. The van der Waals surface area contributed by atoms with Crippen molar-refractivity contribution in [3.63, 3.8) is 0 Å². The number of hydrogen-bond acceptors (Lipinski definition) is 2. The van der Waals surface area contributed by atoms with Gasteiger partial charge in [0.2, 0.25) is 0 Å². The van der Waals surface area contributed by atoms with Gasteiger partial charge in [-0.3, -0.25) is 4.98 Å². The molecule has 0 fully saturated rings. The highest BCUT2D eigenvalue weighted by Crippen LogP contribution is 2.26. The highest BCUT2D eigenvalue weighted by molar-refractivity contribution is 5.76. The second-order valence-corrected chi connectivity index (χ2v) is 2.94. The number of benzene rings is 1. The van der Waals surface area contributed by atoms with E-state index in [1.807, 2.05) is 12.1 Å². The van der Waals surface area contributed by atoms with Gasteiger partial charge in [-0.2, -0.15) is 0 Å². The molecule has 0 saturated heterocycles. The Morgan fingerprint density at radius 3 is 2.57 bits per heavy atom. The van der Waals surface area contributed by atoms with Gasteiger partial charge in [0.1, 0.15) is 5.82 Å². The van der Waals surface area contributed by atoms with Gasteiger partial charge in [0, 0.05) is 23.0 Å². The lowest BCUT2D eigenvalue weighted by atomic mass is 10.1. The van der Waals surface area contributed by atoms with Gasteiger partial charge in [-0.25, -0.2) is 4.39 Å². The van der Waals surface area contributed by atoms with Crippen molar-refractivity contribution in [3.8, 4) is 11.1 Å². The van der Waals surface area contributed by atoms with Crippen molar-refractivity contribution in [1.29, 1.82) is 0 Å². The first-order valence-electron chi connectivity index (χ1n) is 4.23. The van der Waals surface area contributed by atoms with Crippen LogP contribution in [-0.4, -0.2) is 4.98 Å². The highest BCUT2D eigenvalue weighted by atomic mass is 19.1. The van der Waals surface area contributed by atoms with Crippen LogP contribution in [0.1, 0.15) is 0 Å². The molecule has 1 heterocycles. The molecule has 0 atom stereocenters. The summed E-state index contributed by atoms with van der Waals surface area (Å²) < 4.78 is 13.3. The number of nitrogen functional groups attached to an aromatic ring is 1. The maximum atomic E-state index is 13.3. The number of anilines is 1. The van der Waals surface area contributed by atoms with Crippen LogP contribution in [0.2, 0.25) is 0 Å². The van der Waals surface area contributed by atoms with Crippen molar-refractivity contribution in [3.05, 3.63) is 48.5 Å². The Morgan fingerprint density at radius 2 is 1.86 bits per heavy atom. The summed E-state index contributed by atoms with van der Waals surface area (Å²) in [5.74, 6) is -0.356. The van der Waals surface area contributed by atoms with Gasteiger partial charge in [0.25, 0.3) is 0 Å². The van der Waals surface area contributed by atoms with Gasteiger partial charge < -0.3 is 5.73 Å². The highest BCUT2D eigenvalue weighted by Gasteiger charge is 2.06. The Labute approximate surface area is 81.2 Å². The third-order valence-corrected chi connectivity index (χ3v) is 2.02. The number of rotatable bonds is 1. The zero-order valence-electron chi connectivity index (χ0n) is 7.44. The van der Waals surface area contributed by atoms with Crippen molar-refractivity contribution in [2.75, 3.05) is 5.73 Å². The lowest BCUT2D eigenvalue weighted by Gasteiger charge is -2.05. The summed E-state index contributed by atoms with van der Waals surface area (Å²) >= 11 is 0. The maximum absolute atomic E-state index is 13.3. The molecule has 0 radical (unpaired) electrons. The van der Waals surface area contributed by atoms with Crippen molar-refractivity contribution in [2.45, 2.75) is 0 Å². The first-order valence-corrected chi connectivity index (χ1v) is 4.23. The molecule has 2 N–H and O–H groups in total. The molecule has 2 rings (SSSR count). The van der Waals surface area contributed by atoms with Crippen molar-refractivity contribution in [1.82, 2.24) is 4.98 Å². The van der Waals surface area contributed by atoms with Gasteiger partial charge in [0.05, 0.1) is 6.20 Å². The van der Waals surface area contributed by atoms with E-state index in [1.165, 1.54) is 6.20 Å². The van der Waals surface area contributed by atoms with Crippen LogP contribution in [0.25, 0.3) is 11.1 Å². The number of hydrogen-bond donors (Lipinski definition) is 1. The van der Waals surface area contributed by atoms with E-state index >= 15 is 0 Å². The molecule has 0 bridgehead atoms. The van der Waals surface area contributed by atoms with Gasteiger partial charge >= 0.3 is 0 Å². The molecule has 70 valence electrons. The average Bonchev–Trinajstić information content (AvgIpc) is 2.20. The summed E-state index contributed by atoms with van der Waals surface area (Å²) in [5, 5.41) is 0. The van der Waals surface area contributed by atoms with Crippen LogP contribution in [0.4, 0.5) is 10.1 Å². The molecule has 2 nitrogen and oxygen atoms in total. The number of halogens is 1. The summed E-state index contributed by atoms with van der Waals surface area (Å²) in [4.78, 5) is 3.68. The van der Waals surface area contributed by atoms with Crippen LogP contribution in [0.15, 0.2) is 42.7 Å². The third-order valence-electron chi connectivity index (χ3n) is 2.02. The first kappa shape index (κ1) is 8.69. The van der Waals surface area contributed by atoms with Gasteiger partial charge in [-0.1, -0.05) is 18.2 Å². The van der Waals surface area contributed by atoms with E-state index in [-0.39, 0.29) is 5.82 Å². The lowest BCUT2D eigenvalue weighted by molar-refractivity contribution is 0.625. The molecule has 0 aliphatic carbocycles. The van der Waals surface area contributed by atoms with Gasteiger partial charge in [-0.05, 0) is 12.1 Å². The molecule has 0 aliphatic heterocycles. The Balaban J connectivity index is 2.61. The molecule has 2 aromatic rings. The Bertz CT molecular complexity index is 411. The second kappa shape index (κ2) is 3.46. The summed E-state index contributed by atoms with van der Waals surface area (Å²) in [5.41, 5.74) is 7.49. The van der Waals surface area contributed by atoms with E-state index in [0.717, 1.165) is 0 Å². The summed E-state index contributed by atoms with van der Waals surface area (Å²) in [6.07, 6.45) is 2.73. The number of nitrogens with zero attached hydrogens (tertiary/aromatic N) is 1. The van der Waals surface area contributed by atoms with E-state index < -0.39 is 0 Å². The maximum Gasteiger partial charge on any atom is 0.149 e. The van der Waals surface area contributed by atoms with Gasteiger partial charge in [0.15, 0.2) is 0 Å². The summed E-state index contributed by atoms with van der Waals surface area (Å²) in [6.45, 7) is 0. The standard InChI is InChI=1S/C11H9FN2/c12-10-7-14-6-5-8(10)9-3-1-2-4-11(9)13/h1-7H,13H2. The van der Waals surface area contributed by atoms with E-state index in [2.05, 4.69) is 4.98 Å². The number of pyridine rings is 1. The van der Waals surface area contributed by atoms with Crippen LogP contribution in [0.5, 0.6) is 0 Å². The predicted molar refractivity (Wildman–Crippen MR) is 54.0 cm³/mol. The van der Waals surface area contributed by atoms with Crippen LogP contribution in [-0.2, 0) is 0 Å². The molecular formula is C11H9FN2. The molecule has 0 spiro atoms. The van der Waals surface area contributed by atoms with Crippen molar-refractivity contribution in [2.24, 2.45) is 0 Å². The first-order chi connectivity index (χ1) is 6.79. The van der Waals surface area contributed by atoms with Crippen LogP contribution in [0.3, 0.4) is 0 Å². The molecule has 3 heteroatoms. The zero-order valence-corrected chi connectivity index (χ0v) is 7.44. The van der Waals surface area contributed by atoms with E-state index in [1.54, 1.807) is 24.4 Å². The molecule has 0 aliphatic rings. The monoisotopic (exact) mass is 188 g/mol. The van der Waals surface area contributed by atoms with E-state index in [4.69, 9.17) is 5.73 Å². The number of nitrogens with two attached hydrogens (primary N) is 1. The fourth-order valence-corrected chi connectivity index (χ4v) is 1.34. The molecule has 1 aromatic heterocycles. The number of para-hydroxylation sites is 1. The van der Waals surface area contributed by atoms with E-state index in [9.17, 15) is 4.39 Å². The normalized spacial score (nSPS) is 10.1. The molecule has 14 heavy (non-hydrogen) atoms. The van der Waals surface area contributed by atoms with E-state index in [0.29, 0.717) is 16.8 Å². The van der Waals surface area contributed by atoms with Crippen LogP contribution >= 0.6 is 0 Å². The topological polar surface area (TPSA) is 38.9 Å². The molecule has 0 amide bonds. The number of aromatic nitrogens is 1. The Morgan fingerprint density at radius 1 is 1.07 bits per heavy atom. The molecular weight excluding hydrogens is 179 g/mol. The van der Waals surface area contributed by atoms with Gasteiger partial charge in [-0.15, -0.1) is 0 Å². The fraction of sp³-hybridized carbons (Fsp3) is 0. The summed E-state index contributed by atoms with van der Waals surface area (Å²) in [7, 11) is 0. The SMILES string of the molecule is Nc1ccccc1-c1ccncc1F. The molecule has 0 unspecified atom stereocenters. The average molecular weight is 188 g/mol. The fourth-order valence-electron chi connectivity index (χ4n) is 1.34. The zero-order chi connectivity index (χ0) is 9.97. The molecule has 1 aromatic carbocycles.